The van der Waals surface area contributed by atoms with Crippen LogP contribution in [0.5, 0.6) is 0 Å². The van der Waals surface area contributed by atoms with E-state index in [2.05, 4.69) is 20.9 Å². The summed E-state index contributed by atoms with van der Waals surface area (Å²) in [6.07, 6.45) is 1.61. The maximum Gasteiger partial charge on any atom is 0.325 e. The molecule has 0 spiro atoms. The lowest BCUT2D eigenvalue weighted by Gasteiger charge is -2.18. The molecule has 0 saturated heterocycles. The van der Waals surface area contributed by atoms with Gasteiger partial charge in [-0.15, -0.1) is 0 Å². The van der Waals surface area contributed by atoms with Gasteiger partial charge >= 0.3 is 12.0 Å². The number of nitrogens with two attached hydrogens (primary N) is 1. The summed E-state index contributed by atoms with van der Waals surface area (Å²) < 4.78 is 5.60. The minimum absolute atomic E-state index is 0.168. The van der Waals surface area contributed by atoms with Gasteiger partial charge < -0.3 is 15.4 Å². The van der Waals surface area contributed by atoms with E-state index in [1.807, 2.05) is 0 Å². The highest BCUT2D eigenvalue weighted by molar-refractivity contribution is 9.10. The van der Waals surface area contributed by atoms with Gasteiger partial charge in [-0.1, -0.05) is 0 Å². The van der Waals surface area contributed by atoms with E-state index in [-0.39, 0.29) is 19.7 Å². The third-order valence-corrected chi connectivity index (χ3v) is 2.55. The fourth-order valence-corrected chi connectivity index (χ4v) is 1.50. The molecule has 0 aliphatic rings. The Morgan fingerprint density at radius 1 is 1.50 bits per heavy atom. The Bertz CT molecular complexity index is 422. The van der Waals surface area contributed by atoms with Gasteiger partial charge in [0.2, 0.25) is 0 Å². The highest BCUT2D eigenvalue weighted by Crippen LogP contribution is 2.09. The highest BCUT2D eigenvalue weighted by Gasteiger charge is 2.16. The number of amides is 2. The molecule has 7 heteroatoms. The van der Waals surface area contributed by atoms with Gasteiger partial charge in [-0.2, -0.15) is 0 Å². The Hall–Kier alpha value is -1.63. The quantitative estimate of drug-likeness (QED) is 0.829. The zero-order valence-electron chi connectivity index (χ0n) is 9.93. The van der Waals surface area contributed by atoms with Crippen LogP contribution in [-0.2, 0) is 16.1 Å². The van der Waals surface area contributed by atoms with Crippen LogP contribution in [0.4, 0.5) is 4.79 Å². The molecule has 2 N–H and O–H groups in total. The molecular weight excluding hydrogens is 302 g/mol. The van der Waals surface area contributed by atoms with Gasteiger partial charge in [0.1, 0.15) is 6.54 Å². The van der Waals surface area contributed by atoms with E-state index in [0.29, 0.717) is 5.69 Å². The molecule has 0 atom stereocenters. The van der Waals surface area contributed by atoms with E-state index in [1.165, 1.54) is 4.90 Å². The number of pyridine rings is 1. The van der Waals surface area contributed by atoms with Crippen LogP contribution in [0.3, 0.4) is 0 Å². The van der Waals surface area contributed by atoms with Crippen molar-refractivity contribution in [1.29, 1.82) is 0 Å². The van der Waals surface area contributed by atoms with Crippen LogP contribution < -0.4 is 5.73 Å². The fourth-order valence-electron chi connectivity index (χ4n) is 1.27. The molecule has 0 aromatic carbocycles. The standard InChI is InChI=1S/C11H14BrN3O3/c1-2-18-10(16)7-15(11(13)17)6-9-4-3-8(12)5-14-9/h3-5H,2,6-7H2,1H3,(H2,13,17). The second kappa shape index (κ2) is 6.95. The first-order chi connectivity index (χ1) is 8.52. The first kappa shape index (κ1) is 14.4. The fraction of sp³-hybridized carbons (Fsp3) is 0.364. The van der Waals surface area contributed by atoms with Crippen molar-refractivity contribution in [1.82, 2.24) is 9.88 Å². The summed E-state index contributed by atoms with van der Waals surface area (Å²) in [5, 5.41) is 0. The van der Waals surface area contributed by atoms with Crippen molar-refractivity contribution in [2.24, 2.45) is 5.73 Å². The Morgan fingerprint density at radius 2 is 2.22 bits per heavy atom. The lowest BCUT2D eigenvalue weighted by molar-refractivity contribution is -0.143. The highest BCUT2D eigenvalue weighted by atomic mass is 79.9. The lowest BCUT2D eigenvalue weighted by atomic mass is 10.3. The van der Waals surface area contributed by atoms with Crippen molar-refractivity contribution in [3.63, 3.8) is 0 Å². The average molecular weight is 316 g/mol. The van der Waals surface area contributed by atoms with Gasteiger partial charge in [0.25, 0.3) is 0 Å². The SMILES string of the molecule is CCOC(=O)CN(Cc1ccc(Br)cn1)C(N)=O. The van der Waals surface area contributed by atoms with E-state index in [4.69, 9.17) is 10.5 Å². The predicted octanol–water partition coefficient (Wildman–Crippen LogP) is 1.29. The minimum atomic E-state index is -0.687. The number of hydrogen-bond acceptors (Lipinski definition) is 4. The monoisotopic (exact) mass is 315 g/mol. The molecule has 0 unspecified atom stereocenters. The van der Waals surface area contributed by atoms with Gasteiger partial charge in [-0.3, -0.25) is 9.78 Å². The number of primary amides is 1. The maximum atomic E-state index is 11.3. The summed E-state index contributed by atoms with van der Waals surface area (Å²) >= 11 is 3.26. The summed E-state index contributed by atoms with van der Waals surface area (Å²) in [6.45, 7) is 1.95. The molecule has 98 valence electrons. The molecule has 0 saturated carbocycles. The molecule has 0 aliphatic carbocycles. The topological polar surface area (TPSA) is 85.5 Å². The largest absolute Gasteiger partial charge is 0.465 e. The molecule has 0 aliphatic heterocycles. The van der Waals surface area contributed by atoms with Crippen LogP contribution in [0, 0.1) is 0 Å². The molecule has 6 nitrogen and oxygen atoms in total. The maximum absolute atomic E-state index is 11.3. The number of carbonyl (C=O) groups is 2. The molecule has 18 heavy (non-hydrogen) atoms. The molecule has 1 heterocycles. The van der Waals surface area contributed by atoms with Crippen LogP contribution in [-0.4, -0.2) is 35.0 Å². The van der Waals surface area contributed by atoms with Gasteiger partial charge in [0.15, 0.2) is 0 Å². The first-order valence-corrected chi connectivity index (χ1v) is 6.12. The first-order valence-electron chi connectivity index (χ1n) is 5.33. The predicted molar refractivity (Wildman–Crippen MR) is 68.6 cm³/mol. The van der Waals surface area contributed by atoms with Gasteiger partial charge in [-0.25, -0.2) is 4.79 Å². The van der Waals surface area contributed by atoms with Crippen molar-refractivity contribution >= 4 is 27.9 Å². The number of esters is 1. The number of carbonyl (C=O) groups excluding carboxylic acids is 2. The van der Waals surface area contributed by atoms with Crippen LogP contribution >= 0.6 is 15.9 Å². The van der Waals surface area contributed by atoms with E-state index in [1.54, 1.807) is 25.3 Å². The molecule has 2 amide bonds. The number of ether oxygens (including phenoxy) is 1. The third kappa shape index (κ3) is 4.70. The summed E-state index contributed by atoms with van der Waals surface area (Å²) in [7, 11) is 0. The second-order valence-electron chi connectivity index (χ2n) is 3.47. The number of urea groups is 1. The van der Waals surface area contributed by atoms with Gasteiger partial charge in [0.05, 0.1) is 18.8 Å². The number of nitrogens with zero attached hydrogens (tertiary/aromatic N) is 2. The summed E-state index contributed by atoms with van der Waals surface area (Å²) in [5.74, 6) is -0.492. The third-order valence-electron chi connectivity index (χ3n) is 2.08. The zero-order chi connectivity index (χ0) is 13.5. The number of rotatable bonds is 5. The molecule has 0 fully saturated rings. The molecule has 1 rings (SSSR count). The van der Waals surface area contributed by atoms with E-state index in [0.717, 1.165) is 4.47 Å². The number of halogens is 1. The lowest BCUT2D eigenvalue weighted by Crippen LogP contribution is -2.39. The Kier molecular flexibility index (Phi) is 5.57. The molecular formula is C11H14BrN3O3. The molecule has 1 aromatic rings. The zero-order valence-corrected chi connectivity index (χ0v) is 11.5. The van der Waals surface area contributed by atoms with Crippen molar-refractivity contribution in [3.05, 3.63) is 28.5 Å². The van der Waals surface area contributed by atoms with Crippen molar-refractivity contribution in [2.75, 3.05) is 13.2 Å². The van der Waals surface area contributed by atoms with Crippen LogP contribution in [0.25, 0.3) is 0 Å². The van der Waals surface area contributed by atoms with E-state index in [9.17, 15) is 9.59 Å². The summed E-state index contributed by atoms with van der Waals surface area (Å²) in [4.78, 5) is 27.8. The smallest absolute Gasteiger partial charge is 0.325 e. The molecule has 1 aromatic heterocycles. The second-order valence-corrected chi connectivity index (χ2v) is 4.38. The Morgan fingerprint density at radius 3 is 2.72 bits per heavy atom. The molecule has 0 radical (unpaired) electrons. The van der Waals surface area contributed by atoms with Crippen molar-refractivity contribution in [2.45, 2.75) is 13.5 Å². The van der Waals surface area contributed by atoms with E-state index < -0.39 is 12.0 Å². The van der Waals surface area contributed by atoms with Crippen LogP contribution in [0.1, 0.15) is 12.6 Å². The van der Waals surface area contributed by atoms with Crippen molar-refractivity contribution < 1.29 is 14.3 Å². The average Bonchev–Trinajstić information content (AvgIpc) is 2.31. The summed E-state index contributed by atoms with van der Waals surface area (Å²) in [5.41, 5.74) is 5.84. The van der Waals surface area contributed by atoms with E-state index >= 15 is 0 Å². The van der Waals surface area contributed by atoms with Gasteiger partial charge in [0, 0.05) is 10.7 Å². The van der Waals surface area contributed by atoms with Crippen LogP contribution in [0.2, 0.25) is 0 Å². The Balaban J connectivity index is 2.65. The number of aromatic nitrogens is 1. The minimum Gasteiger partial charge on any atom is -0.465 e. The normalized spacial score (nSPS) is 9.89. The van der Waals surface area contributed by atoms with Gasteiger partial charge in [-0.05, 0) is 35.0 Å². The Labute approximate surface area is 113 Å². The summed E-state index contributed by atoms with van der Waals surface area (Å²) in [6, 6.07) is 2.85. The number of hydrogen-bond donors (Lipinski definition) is 1. The molecule has 0 bridgehead atoms. The van der Waals surface area contributed by atoms with Crippen molar-refractivity contribution in [3.8, 4) is 0 Å². The van der Waals surface area contributed by atoms with Crippen LogP contribution in [0.15, 0.2) is 22.8 Å².